The van der Waals surface area contributed by atoms with Crippen LogP contribution in [0.2, 0.25) is 0 Å². The minimum absolute atomic E-state index is 0.175. The fraction of sp³-hybridized carbons (Fsp3) is 0.615. The molecule has 1 aromatic heterocycles. The smallest absolute Gasteiger partial charge is 0.354 e. The standard InChI is InChI=1S/C13H22N2O3/c1-9(2)11(6-7-16)14-8-10-4-5-12(15-10)13(17)18-3/h4-5,9,11,14-16H,6-8H2,1-3H3. The highest BCUT2D eigenvalue weighted by molar-refractivity contribution is 5.87. The molecule has 5 heteroatoms. The molecule has 0 fully saturated rings. The molecular formula is C13H22N2O3. The van der Waals surface area contributed by atoms with Crippen molar-refractivity contribution in [3.05, 3.63) is 23.5 Å². The van der Waals surface area contributed by atoms with Crippen molar-refractivity contribution in [2.75, 3.05) is 13.7 Å². The van der Waals surface area contributed by atoms with Crippen molar-refractivity contribution in [3.8, 4) is 0 Å². The van der Waals surface area contributed by atoms with Crippen molar-refractivity contribution in [3.63, 3.8) is 0 Å². The number of carbonyl (C=O) groups excluding carboxylic acids is 1. The molecule has 3 N–H and O–H groups in total. The second-order valence-corrected chi connectivity index (χ2v) is 4.63. The fourth-order valence-electron chi connectivity index (χ4n) is 1.82. The van der Waals surface area contributed by atoms with Crippen LogP contribution in [0.15, 0.2) is 12.1 Å². The summed E-state index contributed by atoms with van der Waals surface area (Å²) in [4.78, 5) is 14.3. The summed E-state index contributed by atoms with van der Waals surface area (Å²) in [6.07, 6.45) is 0.724. The van der Waals surface area contributed by atoms with E-state index in [0.717, 1.165) is 12.1 Å². The fourth-order valence-corrected chi connectivity index (χ4v) is 1.82. The van der Waals surface area contributed by atoms with Crippen LogP contribution in [0, 0.1) is 5.92 Å². The Morgan fingerprint density at radius 3 is 2.78 bits per heavy atom. The molecule has 0 saturated heterocycles. The first kappa shape index (κ1) is 14.7. The van der Waals surface area contributed by atoms with Gasteiger partial charge in [0.05, 0.1) is 7.11 Å². The first-order valence-corrected chi connectivity index (χ1v) is 6.19. The maximum atomic E-state index is 11.3. The third kappa shape index (κ3) is 4.16. The zero-order chi connectivity index (χ0) is 13.5. The Morgan fingerprint density at radius 1 is 1.50 bits per heavy atom. The number of carbonyl (C=O) groups is 1. The molecule has 0 amide bonds. The Labute approximate surface area is 108 Å². The summed E-state index contributed by atoms with van der Waals surface area (Å²) in [5.74, 6) is 0.0872. The first-order valence-electron chi connectivity index (χ1n) is 6.19. The predicted octanol–water partition coefficient (Wildman–Crippen LogP) is 1.30. The van der Waals surface area contributed by atoms with Crippen LogP contribution in [0.3, 0.4) is 0 Å². The molecule has 0 spiro atoms. The van der Waals surface area contributed by atoms with E-state index in [1.807, 2.05) is 6.07 Å². The lowest BCUT2D eigenvalue weighted by atomic mass is 10.0. The van der Waals surface area contributed by atoms with Gasteiger partial charge in [-0.25, -0.2) is 4.79 Å². The van der Waals surface area contributed by atoms with Crippen LogP contribution >= 0.6 is 0 Å². The summed E-state index contributed by atoms with van der Waals surface area (Å²) in [6.45, 7) is 5.04. The second-order valence-electron chi connectivity index (χ2n) is 4.63. The number of H-pyrrole nitrogens is 1. The average molecular weight is 254 g/mol. The van der Waals surface area contributed by atoms with Crippen molar-refractivity contribution in [2.24, 2.45) is 5.92 Å². The molecule has 0 aliphatic heterocycles. The van der Waals surface area contributed by atoms with Crippen molar-refractivity contribution >= 4 is 5.97 Å². The molecule has 0 saturated carbocycles. The third-order valence-corrected chi connectivity index (χ3v) is 2.95. The van der Waals surface area contributed by atoms with E-state index in [1.165, 1.54) is 7.11 Å². The predicted molar refractivity (Wildman–Crippen MR) is 69.3 cm³/mol. The lowest BCUT2D eigenvalue weighted by molar-refractivity contribution is 0.0594. The molecular weight excluding hydrogens is 232 g/mol. The first-order chi connectivity index (χ1) is 8.58. The topological polar surface area (TPSA) is 74.3 Å². The number of aliphatic hydroxyl groups excluding tert-OH is 1. The minimum atomic E-state index is -0.364. The van der Waals surface area contributed by atoms with E-state index < -0.39 is 0 Å². The molecule has 0 radical (unpaired) electrons. The highest BCUT2D eigenvalue weighted by Gasteiger charge is 2.13. The van der Waals surface area contributed by atoms with Crippen LogP contribution in [0.5, 0.6) is 0 Å². The van der Waals surface area contributed by atoms with E-state index >= 15 is 0 Å². The number of hydrogen-bond donors (Lipinski definition) is 3. The van der Waals surface area contributed by atoms with Gasteiger partial charge in [-0.2, -0.15) is 0 Å². The summed E-state index contributed by atoms with van der Waals surface area (Å²) < 4.78 is 4.63. The zero-order valence-electron chi connectivity index (χ0n) is 11.2. The van der Waals surface area contributed by atoms with Gasteiger partial charge in [0, 0.05) is 24.9 Å². The van der Waals surface area contributed by atoms with E-state index in [2.05, 4.69) is 28.9 Å². The Bertz CT molecular complexity index is 374. The van der Waals surface area contributed by atoms with Crippen molar-refractivity contribution in [1.82, 2.24) is 10.3 Å². The number of aromatic amines is 1. The van der Waals surface area contributed by atoms with Crippen molar-refractivity contribution in [1.29, 1.82) is 0 Å². The number of esters is 1. The molecule has 0 aromatic carbocycles. The summed E-state index contributed by atoms with van der Waals surface area (Å²) in [5, 5.41) is 12.3. The van der Waals surface area contributed by atoms with Crippen LogP contribution in [0.1, 0.15) is 36.5 Å². The van der Waals surface area contributed by atoms with Crippen LogP contribution in [-0.2, 0) is 11.3 Å². The monoisotopic (exact) mass is 254 g/mol. The van der Waals surface area contributed by atoms with Crippen LogP contribution in [0.25, 0.3) is 0 Å². The van der Waals surface area contributed by atoms with Gasteiger partial charge in [-0.05, 0) is 24.5 Å². The van der Waals surface area contributed by atoms with Gasteiger partial charge in [-0.15, -0.1) is 0 Å². The molecule has 1 unspecified atom stereocenters. The van der Waals surface area contributed by atoms with Gasteiger partial charge >= 0.3 is 5.97 Å². The molecule has 102 valence electrons. The quantitative estimate of drug-likeness (QED) is 0.641. The molecule has 1 rings (SSSR count). The van der Waals surface area contributed by atoms with Crippen molar-refractivity contribution < 1.29 is 14.6 Å². The molecule has 18 heavy (non-hydrogen) atoms. The maximum absolute atomic E-state index is 11.3. The average Bonchev–Trinajstić information content (AvgIpc) is 2.81. The van der Waals surface area contributed by atoms with E-state index in [1.54, 1.807) is 6.07 Å². The Balaban J connectivity index is 2.52. The van der Waals surface area contributed by atoms with Crippen molar-refractivity contribution in [2.45, 2.75) is 32.9 Å². The lowest BCUT2D eigenvalue weighted by Crippen LogP contribution is -2.34. The summed E-state index contributed by atoms with van der Waals surface area (Å²) >= 11 is 0. The van der Waals surface area contributed by atoms with E-state index in [9.17, 15) is 4.79 Å². The number of nitrogens with one attached hydrogen (secondary N) is 2. The van der Waals surface area contributed by atoms with Gasteiger partial charge in [0.1, 0.15) is 5.69 Å². The molecule has 0 aliphatic rings. The SMILES string of the molecule is COC(=O)c1ccc(CNC(CCO)C(C)C)[nH]1. The second kappa shape index (κ2) is 7.18. The summed E-state index contributed by atoms with van der Waals surface area (Å²) in [7, 11) is 1.36. The minimum Gasteiger partial charge on any atom is -0.464 e. The molecule has 0 aliphatic carbocycles. The lowest BCUT2D eigenvalue weighted by Gasteiger charge is -2.21. The largest absolute Gasteiger partial charge is 0.464 e. The van der Waals surface area contributed by atoms with Crippen LogP contribution in [0.4, 0.5) is 0 Å². The summed E-state index contributed by atoms with van der Waals surface area (Å²) in [5.41, 5.74) is 1.39. The molecule has 5 nitrogen and oxygen atoms in total. The number of aromatic nitrogens is 1. The molecule has 1 atom stereocenters. The maximum Gasteiger partial charge on any atom is 0.354 e. The van der Waals surface area contributed by atoms with E-state index in [4.69, 9.17) is 5.11 Å². The van der Waals surface area contributed by atoms with E-state index in [0.29, 0.717) is 18.2 Å². The van der Waals surface area contributed by atoms with Crippen LogP contribution in [-0.4, -0.2) is 35.8 Å². The number of aliphatic hydroxyl groups is 1. The van der Waals surface area contributed by atoms with Gasteiger partial charge in [0.25, 0.3) is 0 Å². The summed E-state index contributed by atoms with van der Waals surface area (Å²) in [6, 6.07) is 3.83. The van der Waals surface area contributed by atoms with Gasteiger partial charge in [0.15, 0.2) is 0 Å². The van der Waals surface area contributed by atoms with Gasteiger partial charge in [-0.1, -0.05) is 13.8 Å². The number of methoxy groups -OCH3 is 1. The number of hydrogen-bond acceptors (Lipinski definition) is 4. The number of rotatable bonds is 7. The third-order valence-electron chi connectivity index (χ3n) is 2.95. The van der Waals surface area contributed by atoms with E-state index in [-0.39, 0.29) is 18.6 Å². The highest BCUT2D eigenvalue weighted by Crippen LogP contribution is 2.08. The number of ether oxygens (including phenoxy) is 1. The van der Waals surface area contributed by atoms with Gasteiger partial charge in [-0.3, -0.25) is 0 Å². The van der Waals surface area contributed by atoms with Gasteiger partial charge < -0.3 is 20.1 Å². The Hall–Kier alpha value is -1.33. The molecule has 1 heterocycles. The highest BCUT2D eigenvalue weighted by atomic mass is 16.5. The molecule has 0 bridgehead atoms. The molecule has 1 aromatic rings. The van der Waals surface area contributed by atoms with Gasteiger partial charge in [0.2, 0.25) is 0 Å². The zero-order valence-corrected chi connectivity index (χ0v) is 11.2. The van der Waals surface area contributed by atoms with Crippen LogP contribution < -0.4 is 5.32 Å². The Morgan fingerprint density at radius 2 is 2.22 bits per heavy atom. The Kier molecular flexibility index (Phi) is 5.88. The normalized spacial score (nSPS) is 12.7.